The van der Waals surface area contributed by atoms with Gasteiger partial charge in [0.1, 0.15) is 18.0 Å². The highest BCUT2D eigenvalue weighted by atomic mass is 16.5. The molecule has 4 aromatic rings. The zero-order valence-electron chi connectivity index (χ0n) is 17.5. The summed E-state index contributed by atoms with van der Waals surface area (Å²) in [7, 11) is 3.06. The Morgan fingerprint density at radius 2 is 1.84 bits per heavy atom. The Morgan fingerprint density at radius 1 is 1.06 bits per heavy atom. The van der Waals surface area contributed by atoms with Crippen LogP contribution in [0.3, 0.4) is 0 Å². The number of hydrogen-bond donors (Lipinski definition) is 1. The Morgan fingerprint density at radius 3 is 2.55 bits per heavy atom. The van der Waals surface area contributed by atoms with Crippen LogP contribution in [0.2, 0.25) is 0 Å². The second kappa shape index (κ2) is 8.35. The van der Waals surface area contributed by atoms with E-state index in [1.165, 1.54) is 16.2 Å². The lowest BCUT2D eigenvalue weighted by molar-refractivity contribution is -0.116. The Kier molecular flexibility index (Phi) is 5.44. The van der Waals surface area contributed by atoms with Gasteiger partial charge in [-0.2, -0.15) is 0 Å². The molecule has 8 heteroatoms. The molecule has 0 aliphatic carbocycles. The van der Waals surface area contributed by atoms with Gasteiger partial charge in [0, 0.05) is 12.3 Å². The van der Waals surface area contributed by atoms with E-state index < -0.39 is 0 Å². The normalized spacial score (nSPS) is 10.8. The third kappa shape index (κ3) is 3.87. The third-order valence-corrected chi connectivity index (χ3v) is 4.97. The first-order valence-electron chi connectivity index (χ1n) is 9.67. The average molecular weight is 418 g/mol. The monoisotopic (exact) mass is 418 g/mol. The van der Waals surface area contributed by atoms with Crippen molar-refractivity contribution < 1.29 is 14.3 Å². The number of amides is 1. The largest absolute Gasteiger partial charge is 0.497 e. The Hall–Kier alpha value is -4.07. The first kappa shape index (κ1) is 20.2. The molecular formula is C23H22N4O4. The molecule has 0 aliphatic rings. The molecule has 1 amide bonds. The van der Waals surface area contributed by atoms with E-state index in [2.05, 4.69) is 10.3 Å². The number of ether oxygens (including phenoxy) is 2. The number of methoxy groups -OCH3 is 2. The highest BCUT2D eigenvalue weighted by Gasteiger charge is 2.18. The van der Waals surface area contributed by atoms with Crippen LogP contribution in [-0.4, -0.2) is 34.2 Å². The summed E-state index contributed by atoms with van der Waals surface area (Å²) < 4.78 is 13.4. The van der Waals surface area contributed by atoms with Crippen LogP contribution in [-0.2, 0) is 11.3 Å². The van der Waals surface area contributed by atoms with Gasteiger partial charge in [0.2, 0.25) is 5.91 Å². The van der Waals surface area contributed by atoms with E-state index in [9.17, 15) is 9.59 Å². The standard InChI is InChI=1S/C23H22N4O4/c1-15-6-8-16(9-7-15)27-22-19(5-4-12-24-22)26(23(27)29)14-21(28)25-18-13-17(30-2)10-11-20(18)31-3/h4-13H,14H2,1-3H3,(H,25,28). The Labute approximate surface area is 178 Å². The van der Waals surface area contributed by atoms with Gasteiger partial charge >= 0.3 is 5.69 Å². The summed E-state index contributed by atoms with van der Waals surface area (Å²) in [5.41, 5.74) is 2.95. The fraction of sp³-hybridized carbons (Fsp3) is 0.174. The summed E-state index contributed by atoms with van der Waals surface area (Å²) in [6, 6.07) is 16.2. The average Bonchev–Trinajstić information content (AvgIpc) is 3.05. The molecule has 2 heterocycles. The van der Waals surface area contributed by atoms with E-state index in [-0.39, 0.29) is 18.1 Å². The number of fused-ring (bicyclic) bond motifs is 1. The highest BCUT2D eigenvalue weighted by Crippen LogP contribution is 2.29. The van der Waals surface area contributed by atoms with Gasteiger partial charge in [-0.3, -0.25) is 9.36 Å². The summed E-state index contributed by atoms with van der Waals surface area (Å²) >= 11 is 0. The number of rotatable bonds is 6. The number of pyridine rings is 1. The summed E-state index contributed by atoms with van der Waals surface area (Å²) in [5.74, 6) is 0.694. The number of hydrogen-bond acceptors (Lipinski definition) is 5. The molecule has 0 bridgehead atoms. The molecule has 0 saturated carbocycles. The number of nitrogens with zero attached hydrogens (tertiary/aromatic N) is 3. The quantitative estimate of drug-likeness (QED) is 0.520. The maximum Gasteiger partial charge on any atom is 0.335 e. The maximum absolute atomic E-state index is 13.2. The Bertz CT molecular complexity index is 1310. The summed E-state index contributed by atoms with van der Waals surface area (Å²) in [5, 5.41) is 2.80. The lowest BCUT2D eigenvalue weighted by Crippen LogP contribution is -2.29. The zero-order valence-corrected chi connectivity index (χ0v) is 17.5. The first-order chi connectivity index (χ1) is 15.0. The minimum Gasteiger partial charge on any atom is -0.497 e. The minimum atomic E-state index is -0.375. The summed E-state index contributed by atoms with van der Waals surface area (Å²) in [6.45, 7) is 1.80. The van der Waals surface area contributed by atoms with E-state index in [1.54, 1.807) is 43.6 Å². The second-order valence-electron chi connectivity index (χ2n) is 7.00. The van der Waals surface area contributed by atoms with Crippen LogP contribution in [0.25, 0.3) is 16.9 Å². The molecule has 158 valence electrons. The molecule has 0 fully saturated rings. The summed E-state index contributed by atoms with van der Waals surface area (Å²) in [6.07, 6.45) is 1.62. The molecule has 0 aliphatic heterocycles. The number of aromatic nitrogens is 3. The maximum atomic E-state index is 13.2. The van der Waals surface area contributed by atoms with Crippen molar-refractivity contribution in [1.29, 1.82) is 0 Å². The van der Waals surface area contributed by atoms with E-state index in [1.807, 2.05) is 31.2 Å². The van der Waals surface area contributed by atoms with E-state index in [4.69, 9.17) is 9.47 Å². The van der Waals surface area contributed by atoms with Crippen LogP contribution < -0.4 is 20.5 Å². The van der Waals surface area contributed by atoms with Gasteiger partial charge in [-0.05, 0) is 43.3 Å². The van der Waals surface area contributed by atoms with Crippen molar-refractivity contribution in [3.63, 3.8) is 0 Å². The van der Waals surface area contributed by atoms with Gasteiger partial charge in [0.05, 0.1) is 31.1 Å². The van der Waals surface area contributed by atoms with Crippen LogP contribution in [0, 0.1) is 6.92 Å². The Balaban J connectivity index is 1.71. The predicted octanol–water partition coefficient (Wildman–Crippen LogP) is 3.15. The fourth-order valence-corrected chi connectivity index (χ4v) is 3.41. The number of benzene rings is 2. The van der Waals surface area contributed by atoms with Crippen molar-refractivity contribution >= 4 is 22.8 Å². The number of carbonyl (C=O) groups excluding carboxylic acids is 1. The topological polar surface area (TPSA) is 87.4 Å². The molecule has 31 heavy (non-hydrogen) atoms. The van der Waals surface area contributed by atoms with Crippen molar-refractivity contribution in [2.75, 3.05) is 19.5 Å². The third-order valence-electron chi connectivity index (χ3n) is 4.97. The first-order valence-corrected chi connectivity index (χ1v) is 9.67. The fourth-order valence-electron chi connectivity index (χ4n) is 3.41. The van der Waals surface area contributed by atoms with E-state index in [0.29, 0.717) is 34.0 Å². The van der Waals surface area contributed by atoms with Gasteiger partial charge in [0.25, 0.3) is 0 Å². The molecule has 1 N–H and O–H groups in total. The molecule has 8 nitrogen and oxygen atoms in total. The van der Waals surface area contributed by atoms with E-state index in [0.717, 1.165) is 5.56 Å². The van der Waals surface area contributed by atoms with Gasteiger partial charge in [-0.1, -0.05) is 17.7 Å². The van der Waals surface area contributed by atoms with Crippen LogP contribution in [0.15, 0.2) is 65.6 Å². The molecule has 0 unspecified atom stereocenters. The molecule has 0 spiro atoms. The SMILES string of the molecule is COc1ccc(OC)c(NC(=O)Cn2c(=O)n(-c3ccc(C)cc3)c3ncccc32)c1. The minimum absolute atomic E-state index is 0.180. The van der Waals surface area contributed by atoms with Crippen molar-refractivity contribution in [2.24, 2.45) is 0 Å². The molecule has 2 aromatic heterocycles. The van der Waals surface area contributed by atoms with Crippen molar-refractivity contribution in [3.05, 3.63) is 76.8 Å². The number of nitrogens with one attached hydrogen (secondary N) is 1. The van der Waals surface area contributed by atoms with Gasteiger partial charge in [-0.15, -0.1) is 0 Å². The zero-order chi connectivity index (χ0) is 22.0. The predicted molar refractivity (Wildman–Crippen MR) is 118 cm³/mol. The van der Waals surface area contributed by atoms with Crippen LogP contribution in [0.5, 0.6) is 11.5 Å². The molecule has 0 radical (unpaired) electrons. The lowest BCUT2D eigenvalue weighted by Gasteiger charge is -2.12. The highest BCUT2D eigenvalue weighted by molar-refractivity contribution is 5.93. The number of imidazole rings is 1. The number of aryl methyl sites for hydroxylation is 1. The lowest BCUT2D eigenvalue weighted by atomic mass is 10.2. The molecule has 0 atom stereocenters. The van der Waals surface area contributed by atoms with Crippen molar-refractivity contribution in [1.82, 2.24) is 14.1 Å². The smallest absolute Gasteiger partial charge is 0.335 e. The molecule has 2 aromatic carbocycles. The van der Waals surface area contributed by atoms with Crippen molar-refractivity contribution in [3.8, 4) is 17.2 Å². The number of carbonyl (C=O) groups is 1. The molecule has 0 saturated heterocycles. The van der Waals surface area contributed by atoms with E-state index >= 15 is 0 Å². The second-order valence-corrected chi connectivity index (χ2v) is 7.00. The van der Waals surface area contributed by atoms with Gasteiger partial charge in [-0.25, -0.2) is 14.3 Å². The summed E-state index contributed by atoms with van der Waals surface area (Å²) in [4.78, 5) is 30.5. The van der Waals surface area contributed by atoms with Crippen molar-refractivity contribution in [2.45, 2.75) is 13.5 Å². The molecule has 4 rings (SSSR count). The van der Waals surface area contributed by atoms with Crippen LogP contribution in [0.4, 0.5) is 5.69 Å². The van der Waals surface area contributed by atoms with Gasteiger partial charge in [0.15, 0.2) is 5.65 Å². The number of anilines is 1. The van der Waals surface area contributed by atoms with Crippen LogP contribution in [0.1, 0.15) is 5.56 Å². The van der Waals surface area contributed by atoms with Crippen LogP contribution >= 0.6 is 0 Å². The van der Waals surface area contributed by atoms with Gasteiger partial charge < -0.3 is 14.8 Å². The molecular weight excluding hydrogens is 396 g/mol.